The van der Waals surface area contributed by atoms with Gasteiger partial charge in [0.1, 0.15) is 0 Å². The van der Waals surface area contributed by atoms with Crippen LogP contribution in [0.3, 0.4) is 0 Å². The van der Waals surface area contributed by atoms with Crippen molar-refractivity contribution < 1.29 is 9.47 Å². The first-order valence-corrected chi connectivity index (χ1v) is 8.03. The van der Waals surface area contributed by atoms with E-state index in [2.05, 4.69) is 24.0 Å². The molecule has 0 saturated carbocycles. The fourth-order valence-electron chi connectivity index (χ4n) is 2.07. The van der Waals surface area contributed by atoms with E-state index in [0.717, 1.165) is 48.4 Å². The van der Waals surface area contributed by atoms with Gasteiger partial charge in [-0.2, -0.15) is 10.2 Å². The lowest BCUT2D eigenvalue weighted by atomic mass is 10.1. The highest BCUT2D eigenvalue weighted by Gasteiger charge is 2.14. The average molecular weight is 300 g/mol. The molecule has 1 heterocycles. The molecule has 0 spiro atoms. The third kappa shape index (κ3) is 4.45. The van der Waals surface area contributed by atoms with Gasteiger partial charge in [-0.15, -0.1) is 0 Å². The first-order valence-electron chi connectivity index (χ1n) is 8.03. The summed E-state index contributed by atoms with van der Waals surface area (Å²) < 4.78 is 11.9. The van der Waals surface area contributed by atoms with Crippen LogP contribution < -0.4 is 9.47 Å². The van der Waals surface area contributed by atoms with Crippen molar-refractivity contribution in [2.75, 3.05) is 13.2 Å². The van der Waals surface area contributed by atoms with Crippen molar-refractivity contribution in [3.63, 3.8) is 0 Å². The molecular weight excluding hydrogens is 276 g/mol. The predicted molar refractivity (Wildman–Crippen MR) is 88.3 cm³/mol. The van der Waals surface area contributed by atoms with E-state index in [-0.39, 0.29) is 0 Å². The smallest absolute Gasteiger partial charge is 0.170 e. The molecule has 0 saturated heterocycles. The summed E-state index contributed by atoms with van der Waals surface area (Å²) in [6, 6.07) is 9.74. The van der Waals surface area contributed by atoms with Crippen LogP contribution in [0.2, 0.25) is 0 Å². The second-order valence-electron chi connectivity index (χ2n) is 5.15. The lowest BCUT2D eigenvalue weighted by Gasteiger charge is -2.16. The number of unbranched alkanes of at least 4 members (excludes halogenated alkanes) is 2. The Kier molecular flexibility index (Phi) is 6.68. The van der Waals surface area contributed by atoms with Crippen molar-refractivity contribution >= 4 is 0 Å². The molecule has 0 atom stereocenters. The van der Waals surface area contributed by atoms with Gasteiger partial charge in [0.2, 0.25) is 0 Å². The van der Waals surface area contributed by atoms with Gasteiger partial charge in [-0.1, -0.05) is 32.8 Å². The van der Waals surface area contributed by atoms with E-state index in [1.165, 1.54) is 0 Å². The molecule has 0 aliphatic rings. The van der Waals surface area contributed by atoms with Gasteiger partial charge in [-0.05, 0) is 37.1 Å². The Morgan fingerprint density at radius 3 is 2.36 bits per heavy atom. The Labute approximate surface area is 132 Å². The number of aromatic nitrogens is 2. The molecular formula is C18H24N2O2. The summed E-state index contributed by atoms with van der Waals surface area (Å²) in [5.41, 5.74) is 1.73. The van der Waals surface area contributed by atoms with E-state index in [1.807, 2.05) is 30.3 Å². The largest absolute Gasteiger partial charge is 0.490 e. The Balaban J connectivity index is 2.28. The van der Waals surface area contributed by atoms with Crippen molar-refractivity contribution in [3.05, 3.63) is 36.5 Å². The minimum Gasteiger partial charge on any atom is -0.490 e. The molecule has 2 rings (SSSR count). The SMILES string of the molecule is CCCCOc1cccc(-c2cccnn2)c1OCCCC. The van der Waals surface area contributed by atoms with Gasteiger partial charge in [0.05, 0.1) is 18.9 Å². The average Bonchev–Trinajstić information content (AvgIpc) is 2.57. The van der Waals surface area contributed by atoms with E-state index in [4.69, 9.17) is 9.47 Å². The fourth-order valence-corrected chi connectivity index (χ4v) is 2.07. The summed E-state index contributed by atoms with van der Waals surface area (Å²) in [4.78, 5) is 0. The molecule has 2 aromatic rings. The van der Waals surface area contributed by atoms with Gasteiger partial charge in [-0.3, -0.25) is 0 Å². The molecule has 0 bridgehead atoms. The summed E-state index contributed by atoms with van der Waals surface area (Å²) in [6.45, 7) is 5.68. The van der Waals surface area contributed by atoms with Crippen LogP contribution in [0.5, 0.6) is 11.5 Å². The van der Waals surface area contributed by atoms with Gasteiger partial charge < -0.3 is 9.47 Å². The van der Waals surface area contributed by atoms with Crippen molar-refractivity contribution in [1.82, 2.24) is 10.2 Å². The van der Waals surface area contributed by atoms with Gasteiger partial charge in [0.25, 0.3) is 0 Å². The highest BCUT2D eigenvalue weighted by Crippen LogP contribution is 2.37. The van der Waals surface area contributed by atoms with Crippen molar-refractivity contribution in [3.8, 4) is 22.8 Å². The minimum atomic E-state index is 0.678. The van der Waals surface area contributed by atoms with Crippen LogP contribution in [0.15, 0.2) is 36.5 Å². The number of hydrogen-bond donors (Lipinski definition) is 0. The predicted octanol–water partition coefficient (Wildman–Crippen LogP) is 4.50. The number of benzene rings is 1. The second kappa shape index (κ2) is 9.03. The lowest BCUT2D eigenvalue weighted by molar-refractivity contribution is 0.263. The molecule has 0 fully saturated rings. The second-order valence-corrected chi connectivity index (χ2v) is 5.15. The molecule has 1 aromatic carbocycles. The maximum atomic E-state index is 6.00. The van der Waals surface area contributed by atoms with Crippen LogP contribution in [-0.2, 0) is 0 Å². The zero-order valence-corrected chi connectivity index (χ0v) is 13.4. The third-order valence-electron chi connectivity index (χ3n) is 3.33. The molecule has 4 nitrogen and oxygen atoms in total. The molecule has 1 aromatic heterocycles. The molecule has 0 unspecified atom stereocenters. The number of para-hydroxylation sites is 1. The number of nitrogens with zero attached hydrogens (tertiary/aromatic N) is 2. The number of rotatable bonds is 9. The summed E-state index contributed by atoms with van der Waals surface area (Å²) in [6.07, 6.45) is 5.92. The van der Waals surface area contributed by atoms with Crippen LogP contribution in [0.4, 0.5) is 0 Å². The van der Waals surface area contributed by atoms with Gasteiger partial charge in [0, 0.05) is 11.8 Å². The molecule has 4 heteroatoms. The molecule has 0 aliphatic carbocycles. The van der Waals surface area contributed by atoms with E-state index in [0.29, 0.717) is 13.2 Å². The zero-order valence-electron chi connectivity index (χ0n) is 13.4. The highest BCUT2D eigenvalue weighted by molar-refractivity contribution is 5.70. The van der Waals surface area contributed by atoms with Crippen LogP contribution in [0.25, 0.3) is 11.3 Å². The van der Waals surface area contributed by atoms with E-state index < -0.39 is 0 Å². The summed E-state index contributed by atoms with van der Waals surface area (Å²) in [5, 5.41) is 8.15. The Morgan fingerprint density at radius 1 is 0.909 bits per heavy atom. The Bertz CT molecular complexity index is 558. The summed E-state index contributed by atoms with van der Waals surface area (Å²) in [7, 11) is 0. The van der Waals surface area contributed by atoms with Gasteiger partial charge in [0.15, 0.2) is 11.5 Å². The Hall–Kier alpha value is -2.10. The lowest BCUT2D eigenvalue weighted by Crippen LogP contribution is -2.04. The third-order valence-corrected chi connectivity index (χ3v) is 3.33. The van der Waals surface area contributed by atoms with Crippen LogP contribution in [0.1, 0.15) is 39.5 Å². The monoisotopic (exact) mass is 300 g/mol. The van der Waals surface area contributed by atoms with Gasteiger partial charge >= 0.3 is 0 Å². The van der Waals surface area contributed by atoms with E-state index >= 15 is 0 Å². The minimum absolute atomic E-state index is 0.678. The van der Waals surface area contributed by atoms with Crippen molar-refractivity contribution in [1.29, 1.82) is 0 Å². The number of ether oxygens (including phenoxy) is 2. The quantitative estimate of drug-likeness (QED) is 0.639. The summed E-state index contributed by atoms with van der Waals surface area (Å²) >= 11 is 0. The molecule has 0 aliphatic heterocycles. The summed E-state index contributed by atoms with van der Waals surface area (Å²) in [5.74, 6) is 1.56. The van der Waals surface area contributed by atoms with Crippen molar-refractivity contribution in [2.45, 2.75) is 39.5 Å². The first kappa shape index (κ1) is 16.3. The van der Waals surface area contributed by atoms with Crippen LogP contribution in [-0.4, -0.2) is 23.4 Å². The molecule has 22 heavy (non-hydrogen) atoms. The maximum Gasteiger partial charge on any atom is 0.170 e. The first-order chi connectivity index (χ1) is 10.9. The topological polar surface area (TPSA) is 44.2 Å². The molecule has 118 valence electrons. The zero-order chi connectivity index (χ0) is 15.6. The highest BCUT2D eigenvalue weighted by atomic mass is 16.5. The Morgan fingerprint density at radius 2 is 1.68 bits per heavy atom. The molecule has 0 radical (unpaired) electrons. The van der Waals surface area contributed by atoms with Gasteiger partial charge in [-0.25, -0.2) is 0 Å². The van der Waals surface area contributed by atoms with Crippen molar-refractivity contribution in [2.24, 2.45) is 0 Å². The molecule has 0 N–H and O–H groups in total. The standard InChI is InChI=1S/C18H24N2O2/c1-3-5-13-21-17-11-7-9-15(16-10-8-12-19-20-16)18(17)22-14-6-4-2/h7-12H,3-6,13-14H2,1-2H3. The normalized spacial score (nSPS) is 10.5. The molecule has 0 amide bonds. The fraction of sp³-hybridized carbons (Fsp3) is 0.444. The van der Waals surface area contributed by atoms with Crippen LogP contribution >= 0.6 is 0 Å². The maximum absolute atomic E-state index is 6.00. The number of hydrogen-bond acceptors (Lipinski definition) is 4. The van der Waals surface area contributed by atoms with Crippen LogP contribution in [0, 0.1) is 0 Å². The van der Waals surface area contributed by atoms with E-state index in [1.54, 1.807) is 6.20 Å². The van der Waals surface area contributed by atoms with E-state index in [9.17, 15) is 0 Å².